The van der Waals surface area contributed by atoms with E-state index in [0.29, 0.717) is 36.6 Å². The van der Waals surface area contributed by atoms with Gasteiger partial charge in [-0.2, -0.15) is 0 Å². The van der Waals surface area contributed by atoms with Crippen molar-refractivity contribution in [1.29, 1.82) is 0 Å². The fourth-order valence-corrected chi connectivity index (χ4v) is 3.47. The number of ketones is 1. The van der Waals surface area contributed by atoms with Crippen LogP contribution in [0.3, 0.4) is 0 Å². The number of rotatable bonds is 7. The van der Waals surface area contributed by atoms with Crippen LogP contribution in [0.4, 0.5) is 0 Å². The Bertz CT molecular complexity index is 963. The van der Waals surface area contributed by atoms with E-state index in [0.717, 1.165) is 29.5 Å². The topological polar surface area (TPSA) is 71.9 Å². The molecule has 2 aromatic rings. The van der Waals surface area contributed by atoms with Crippen LogP contribution < -0.4 is 4.74 Å². The van der Waals surface area contributed by atoms with Gasteiger partial charge in [-0.15, -0.1) is 0 Å². The van der Waals surface area contributed by atoms with E-state index in [4.69, 9.17) is 4.74 Å². The van der Waals surface area contributed by atoms with Crippen LogP contribution in [0.2, 0.25) is 0 Å². The van der Waals surface area contributed by atoms with Crippen molar-refractivity contribution in [1.82, 2.24) is 9.88 Å². The van der Waals surface area contributed by atoms with E-state index < -0.39 is 0 Å². The van der Waals surface area contributed by atoms with Crippen LogP contribution in [0.15, 0.2) is 35.6 Å². The summed E-state index contributed by atoms with van der Waals surface area (Å²) in [5.41, 5.74) is 4.22. The molecule has 144 valence electrons. The predicted molar refractivity (Wildman–Crippen MR) is 106 cm³/mol. The van der Waals surface area contributed by atoms with Gasteiger partial charge in [-0.1, -0.05) is 0 Å². The van der Waals surface area contributed by atoms with Gasteiger partial charge >= 0.3 is 0 Å². The number of fused-ring (bicyclic) bond motifs is 1. The van der Waals surface area contributed by atoms with Gasteiger partial charge in [-0.25, -0.2) is 0 Å². The number of hydrogen-bond donors (Lipinski definition) is 0. The largest absolute Gasteiger partial charge is 0.493 e. The lowest BCUT2D eigenvalue weighted by atomic mass is 10.0. The smallest absolute Gasteiger partial charge is 0.254 e. The summed E-state index contributed by atoms with van der Waals surface area (Å²) < 4.78 is 5.67. The molecule has 1 amide bonds. The third-order valence-corrected chi connectivity index (χ3v) is 5.16. The Labute approximate surface area is 164 Å². The highest BCUT2D eigenvalue weighted by Crippen LogP contribution is 2.35. The fraction of sp³-hybridized carbons (Fsp3) is 0.364. The first kappa shape index (κ1) is 18.3. The van der Waals surface area contributed by atoms with Crippen LogP contribution in [0.1, 0.15) is 57.2 Å². The summed E-state index contributed by atoms with van der Waals surface area (Å²) in [5.74, 6) is 0.595. The van der Waals surface area contributed by atoms with Gasteiger partial charge in [0.25, 0.3) is 5.91 Å². The molecule has 1 aliphatic heterocycles. The van der Waals surface area contributed by atoms with E-state index in [9.17, 15) is 9.59 Å². The first-order valence-corrected chi connectivity index (χ1v) is 9.60. The molecule has 0 saturated heterocycles. The predicted octanol–water partition coefficient (Wildman–Crippen LogP) is 3.28. The van der Waals surface area contributed by atoms with Gasteiger partial charge in [-0.3, -0.25) is 19.6 Å². The van der Waals surface area contributed by atoms with Crippen molar-refractivity contribution in [2.24, 2.45) is 10.9 Å². The van der Waals surface area contributed by atoms with Crippen molar-refractivity contribution in [2.75, 3.05) is 13.7 Å². The second kappa shape index (κ2) is 7.54. The average Bonchev–Trinajstić information content (AvgIpc) is 3.44. The van der Waals surface area contributed by atoms with Gasteiger partial charge < -0.3 is 9.64 Å². The van der Waals surface area contributed by atoms with Crippen molar-refractivity contribution in [3.8, 4) is 5.75 Å². The molecule has 0 spiro atoms. The standard InChI is InChI=1S/C22H23N3O3/c1-3-28-20-8-15(6-7-18(20)21(26)14-4-5-14)22(27)25(2)13-17-11-23-9-16-10-24-12-19(16)17/h6-11,14H,3-5,12-13H2,1-2H3. The molecule has 0 atom stereocenters. The van der Waals surface area contributed by atoms with Gasteiger partial charge in [0.2, 0.25) is 0 Å². The monoisotopic (exact) mass is 377 g/mol. The Morgan fingerprint density at radius 2 is 2.07 bits per heavy atom. The van der Waals surface area contributed by atoms with Crippen molar-refractivity contribution < 1.29 is 14.3 Å². The number of ether oxygens (including phenoxy) is 1. The van der Waals surface area contributed by atoms with Gasteiger partial charge in [-0.05, 0) is 49.1 Å². The van der Waals surface area contributed by atoms with E-state index in [1.54, 1.807) is 42.5 Å². The van der Waals surface area contributed by atoms with Gasteiger partial charge in [0.15, 0.2) is 5.78 Å². The zero-order valence-corrected chi connectivity index (χ0v) is 16.1. The van der Waals surface area contributed by atoms with Crippen molar-refractivity contribution in [3.63, 3.8) is 0 Å². The second-order valence-corrected chi connectivity index (χ2v) is 7.28. The highest BCUT2D eigenvalue weighted by atomic mass is 16.5. The number of aliphatic imine (C=N–C) groups is 1. The molecular formula is C22H23N3O3. The number of Topliss-reactive ketones (excluding diaryl/α,β-unsaturated/α-hetero) is 1. The number of pyridine rings is 1. The minimum Gasteiger partial charge on any atom is -0.493 e. The molecule has 0 unspecified atom stereocenters. The molecule has 1 aliphatic carbocycles. The quantitative estimate of drug-likeness (QED) is 0.694. The van der Waals surface area contributed by atoms with E-state index in [1.165, 1.54) is 0 Å². The molecule has 6 heteroatoms. The minimum absolute atomic E-state index is 0.110. The third-order valence-electron chi connectivity index (χ3n) is 5.16. The molecule has 1 fully saturated rings. The van der Waals surface area contributed by atoms with Crippen LogP contribution in [0, 0.1) is 5.92 Å². The molecule has 0 N–H and O–H groups in total. The van der Waals surface area contributed by atoms with E-state index >= 15 is 0 Å². The van der Waals surface area contributed by atoms with Crippen molar-refractivity contribution in [2.45, 2.75) is 32.9 Å². The number of aromatic nitrogens is 1. The highest BCUT2D eigenvalue weighted by Gasteiger charge is 2.32. The molecular weight excluding hydrogens is 354 g/mol. The third kappa shape index (κ3) is 3.54. The molecule has 28 heavy (non-hydrogen) atoms. The zero-order chi connectivity index (χ0) is 19.7. The lowest BCUT2D eigenvalue weighted by molar-refractivity contribution is 0.0783. The molecule has 1 saturated carbocycles. The summed E-state index contributed by atoms with van der Waals surface area (Å²) in [6.07, 6.45) is 7.28. The average molecular weight is 377 g/mol. The van der Waals surface area contributed by atoms with Crippen LogP contribution >= 0.6 is 0 Å². The lowest BCUT2D eigenvalue weighted by Crippen LogP contribution is -2.27. The van der Waals surface area contributed by atoms with E-state index in [2.05, 4.69) is 9.98 Å². The van der Waals surface area contributed by atoms with Crippen molar-refractivity contribution in [3.05, 3.63) is 58.4 Å². The summed E-state index contributed by atoms with van der Waals surface area (Å²) in [7, 11) is 1.77. The summed E-state index contributed by atoms with van der Waals surface area (Å²) in [6, 6.07) is 5.13. The molecule has 1 aromatic heterocycles. The summed E-state index contributed by atoms with van der Waals surface area (Å²) >= 11 is 0. The second-order valence-electron chi connectivity index (χ2n) is 7.28. The number of benzene rings is 1. The Morgan fingerprint density at radius 3 is 2.82 bits per heavy atom. The van der Waals surface area contributed by atoms with E-state index in [1.807, 2.05) is 13.1 Å². The minimum atomic E-state index is -0.122. The summed E-state index contributed by atoms with van der Waals surface area (Å²) in [5, 5.41) is 0. The molecule has 6 nitrogen and oxygen atoms in total. The van der Waals surface area contributed by atoms with E-state index in [-0.39, 0.29) is 17.6 Å². The Hall–Kier alpha value is -3.02. The maximum absolute atomic E-state index is 13.0. The van der Waals surface area contributed by atoms with Crippen LogP contribution in [0.25, 0.3) is 0 Å². The van der Waals surface area contributed by atoms with Gasteiger partial charge in [0, 0.05) is 49.2 Å². The maximum atomic E-state index is 13.0. The molecule has 0 bridgehead atoms. The highest BCUT2D eigenvalue weighted by molar-refractivity contribution is 6.03. The fourth-order valence-electron chi connectivity index (χ4n) is 3.47. The molecule has 4 rings (SSSR count). The number of amides is 1. The first-order chi connectivity index (χ1) is 13.6. The Balaban J connectivity index is 1.54. The molecule has 1 aromatic carbocycles. The number of nitrogens with zero attached hydrogens (tertiary/aromatic N) is 3. The van der Waals surface area contributed by atoms with Crippen LogP contribution in [-0.2, 0) is 13.1 Å². The number of carbonyl (C=O) groups is 2. The van der Waals surface area contributed by atoms with Gasteiger partial charge in [0.05, 0.1) is 18.7 Å². The molecule has 0 radical (unpaired) electrons. The SMILES string of the molecule is CCOc1cc(C(=O)N(C)Cc2cncc3c2CN=C3)ccc1C(=O)C1CC1. The Morgan fingerprint density at radius 1 is 1.25 bits per heavy atom. The van der Waals surface area contributed by atoms with Gasteiger partial charge in [0.1, 0.15) is 5.75 Å². The number of hydrogen-bond acceptors (Lipinski definition) is 5. The molecule has 2 aliphatic rings. The summed E-state index contributed by atoms with van der Waals surface area (Å²) in [6.45, 7) is 3.39. The number of carbonyl (C=O) groups excluding carboxylic acids is 2. The Kier molecular flexibility index (Phi) is 4.94. The normalized spacial score (nSPS) is 14.6. The van der Waals surface area contributed by atoms with Crippen LogP contribution in [0.5, 0.6) is 5.75 Å². The van der Waals surface area contributed by atoms with Crippen molar-refractivity contribution >= 4 is 17.9 Å². The lowest BCUT2D eigenvalue weighted by Gasteiger charge is -2.20. The van der Waals surface area contributed by atoms with Crippen LogP contribution in [-0.4, -0.2) is 41.4 Å². The first-order valence-electron chi connectivity index (χ1n) is 9.60. The molecule has 2 heterocycles. The maximum Gasteiger partial charge on any atom is 0.254 e. The summed E-state index contributed by atoms with van der Waals surface area (Å²) in [4.78, 5) is 35.6. The zero-order valence-electron chi connectivity index (χ0n) is 16.1.